The second-order valence-electron chi connectivity index (χ2n) is 7.74. The van der Waals surface area contributed by atoms with Crippen LogP contribution in [-0.4, -0.2) is 10.5 Å². The normalized spacial score (nSPS) is 11.4. The van der Waals surface area contributed by atoms with Crippen molar-refractivity contribution in [2.24, 2.45) is 5.73 Å². The first-order valence-electron chi connectivity index (χ1n) is 10.3. The number of fused-ring (bicyclic) bond motifs is 3. The van der Waals surface area contributed by atoms with Crippen molar-refractivity contribution in [1.29, 1.82) is 0 Å². The van der Waals surface area contributed by atoms with Gasteiger partial charge in [0.1, 0.15) is 0 Å². The van der Waals surface area contributed by atoms with Gasteiger partial charge in [-0.15, -0.1) is 0 Å². The summed E-state index contributed by atoms with van der Waals surface area (Å²) in [5.74, 6) is -0.419. The average Bonchev–Trinajstić information content (AvgIpc) is 3.00. The summed E-state index contributed by atoms with van der Waals surface area (Å²) in [6, 6.07) is 17.8. The topological polar surface area (TPSA) is 48.0 Å². The van der Waals surface area contributed by atoms with Gasteiger partial charge in [-0.1, -0.05) is 61.2 Å². The zero-order valence-corrected chi connectivity index (χ0v) is 18.4. The third-order valence-corrected chi connectivity index (χ3v) is 5.99. The lowest BCUT2D eigenvalue weighted by Crippen LogP contribution is -2.11. The first kappa shape index (κ1) is 20.8. The molecule has 0 radical (unpaired) electrons. The number of nitrogens with zero attached hydrogens (tertiary/aromatic N) is 1. The van der Waals surface area contributed by atoms with E-state index in [1.165, 1.54) is 24.8 Å². The molecule has 3 nitrogen and oxygen atoms in total. The molecule has 0 saturated heterocycles. The van der Waals surface area contributed by atoms with Crippen molar-refractivity contribution in [2.45, 2.75) is 39.2 Å². The van der Waals surface area contributed by atoms with Gasteiger partial charge in [-0.2, -0.15) is 0 Å². The summed E-state index contributed by atoms with van der Waals surface area (Å²) in [6.45, 7) is 2.81. The number of primary amides is 1. The number of benzene rings is 3. The van der Waals surface area contributed by atoms with Crippen molar-refractivity contribution in [2.75, 3.05) is 0 Å². The number of aryl methyl sites for hydroxylation is 1. The first-order valence-corrected chi connectivity index (χ1v) is 11.0. The van der Waals surface area contributed by atoms with Crippen LogP contribution in [0.25, 0.3) is 21.8 Å². The van der Waals surface area contributed by atoms with E-state index in [2.05, 4.69) is 29.7 Å². The molecule has 0 bridgehead atoms. The van der Waals surface area contributed by atoms with E-state index < -0.39 is 5.91 Å². The lowest BCUT2D eigenvalue weighted by Gasteiger charge is -2.10. The Morgan fingerprint density at radius 2 is 1.70 bits per heavy atom. The van der Waals surface area contributed by atoms with Crippen molar-refractivity contribution in [3.8, 4) is 0 Å². The number of carbonyl (C=O) groups is 1. The number of hydrogen-bond acceptors (Lipinski definition) is 1. The Morgan fingerprint density at radius 3 is 2.40 bits per heavy atom. The van der Waals surface area contributed by atoms with E-state index >= 15 is 0 Å². The molecule has 154 valence electrons. The minimum atomic E-state index is -0.419. The van der Waals surface area contributed by atoms with Crippen molar-refractivity contribution < 1.29 is 4.79 Å². The molecule has 4 rings (SSSR count). The number of nitrogens with two attached hydrogens (primary N) is 1. The molecule has 1 heterocycles. The lowest BCUT2D eigenvalue weighted by molar-refractivity contribution is 0.100. The SMILES string of the molecule is CCCCCc1ccc2c3c(C(N)=O)cccc3n(Cc3cc(Cl)cc(Cl)c3)c2c1. The van der Waals surface area contributed by atoms with Crippen molar-refractivity contribution in [3.05, 3.63) is 81.3 Å². The third-order valence-electron chi connectivity index (χ3n) is 5.55. The van der Waals surface area contributed by atoms with Gasteiger partial charge in [0.25, 0.3) is 0 Å². The Kier molecular flexibility index (Phi) is 6.03. The average molecular weight is 439 g/mol. The molecule has 0 fully saturated rings. The summed E-state index contributed by atoms with van der Waals surface area (Å²) in [6.07, 6.45) is 4.61. The van der Waals surface area contributed by atoms with Gasteiger partial charge in [-0.25, -0.2) is 0 Å². The van der Waals surface area contributed by atoms with E-state index in [1.807, 2.05) is 24.3 Å². The molecular weight excluding hydrogens is 415 g/mol. The summed E-state index contributed by atoms with van der Waals surface area (Å²) in [7, 11) is 0. The number of halogens is 2. The first-order chi connectivity index (χ1) is 14.5. The van der Waals surface area contributed by atoms with Crippen LogP contribution in [0.5, 0.6) is 0 Å². The van der Waals surface area contributed by atoms with Crippen molar-refractivity contribution in [3.63, 3.8) is 0 Å². The standard InChI is InChI=1S/C25H24Cl2N2O/c1-2-3-4-6-16-9-10-20-23(13-16)29(15-17-11-18(26)14-19(27)12-17)22-8-5-7-21(24(20)22)25(28)30/h5,7-14H,2-4,6,15H2,1H3,(H2,28,30). The van der Waals surface area contributed by atoms with Crippen LogP contribution in [0.2, 0.25) is 10.0 Å². The molecule has 3 aromatic carbocycles. The Bertz CT molecular complexity index is 1220. The number of aromatic nitrogens is 1. The number of unbranched alkanes of at least 4 members (excludes halogenated alkanes) is 2. The van der Waals surface area contributed by atoms with Gasteiger partial charge in [-0.05, 0) is 60.4 Å². The highest BCUT2D eigenvalue weighted by atomic mass is 35.5. The van der Waals surface area contributed by atoms with E-state index in [-0.39, 0.29) is 0 Å². The maximum absolute atomic E-state index is 12.1. The Labute approximate surface area is 186 Å². The lowest BCUT2D eigenvalue weighted by atomic mass is 10.0. The summed E-state index contributed by atoms with van der Waals surface area (Å²) in [5.41, 5.74) is 10.6. The molecule has 0 unspecified atom stereocenters. The second-order valence-corrected chi connectivity index (χ2v) is 8.61. The predicted molar refractivity (Wildman–Crippen MR) is 127 cm³/mol. The van der Waals surface area contributed by atoms with Crippen LogP contribution >= 0.6 is 23.2 Å². The van der Waals surface area contributed by atoms with Gasteiger partial charge in [0, 0.05) is 38.4 Å². The molecule has 2 N–H and O–H groups in total. The van der Waals surface area contributed by atoms with Crippen molar-refractivity contribution >= 4 is 50.9 Å². The zero-order chi connectivity index (χ0) is 21.3. The van der Waals surface area contributed by atoms with Crippen LogP contribution in [0.15, 0.2) is 54.6 Å². The largest absolute Gasteiger partial charge is 0.366 e. The molecule has 0 saturated carbocycles. The quantitative estimate of drug-likeness (QED) is 0.310. The van der Waals surface area contributed by atoms with E-state index in [9.17, 15) is 4.79 Å². The molecule has 30 heavy (non-hydrogen) atoms. The van der Waals surface area contributed by atoms with Gasteiger partial charge in [-0.3, -0.25) is 4.79 Å². The summed E-state index contributed by atoms with van der Waals surface area (Å²) in [4.78, 5) is 12.1. The summed E-state index contributed by atoms with van der Waals surface area (Å²) in [5, 5.41) is 3.15. The highest BCUT2D eigenvalue weighted by molar-refractivity contribution is 6.34. The van der Waals surface area contributed by atoms with Crippen LogP contribution in [0.3, 0.4) is 0 Å². The van der Waals surface area contributed by atoms with Gasteiger partial charge < -0.3 is 10.3 Å². The van der Waals surface area contributed by atoms with Gasteiger partial charge in [0.05, 0.1) is 5.52 Å². The highest BCUT2D eigenvalue weighted by Crippen LogP contribution is 2.34. The fraction of sp³-hybridized carbons (Fsp3) is 0.240. The molecule has 4 aromatic rings. The fourth-order valence-electron chi connectivity index (χ4n) is 4.18. The molecule has 0 spiro atoms. The molecule has 0 aliphatic heterocycles. The Morgan fingerprint density at radius 1 is 0.933 bits per heavy atom. The molecule has 0 aliphatic carbocycles. The van der Waals surface area contributed by atoms with E-state index in [1.54, 1.807) is 12.1 Å². The van der Waals surface area contributed by atoms with Crippen LogP contribution in [-0.2, 0) is 13.0 Å². The van der Waals surface area contributed by atoms with Crippen molar-refractivity contribution in [1.82, 2.24) is 4.57 Å². The van der Waals surface area contributed by atoms with Crippen LogP contribution in [0.1, 0.15) is 47.7 Å². The van der Waals surface area contributed by atoms with Gasteiger partial charge in [0.2, 0.25) is 5.91 Å². The maximum Gasteiger partial charge on any atom is 0.249 e. The molecule has 0 aliphatic rings. The summed E-state index contributed by atoms with van der Waals surface area (Å²) < 4.78 is 2.22. The van der Waals surface area contributed by atoms with Crippen LogP contribution < -0.4 is 5.73 Å². The van der Waals surface area contributed by atoms with Crippen LogP contribution in [0.4, 0.5) is 0 Å². The number of hydrogen-bond donors (Lipinski definition) is 1. The molecule has 1 aromatic heterocycles. The number of rotatable bonds is 7. The maximum atomic E-state index is 12.1. The van der Waals surface area contributed by atoms with Gasteiger partial charge in [0.15, 0.2) is 0 Å². The van der Waals surface area contributed by atoms with E-state index in [4.69, 9.17) is 28.9 Å². The molecule has 0 atom stereocenters. The van der Waals surface area contributed by atoms with Crippen LogP contribution in [0, 0.1) is 0 Å². The van der Waals surface area contributed by atoms with E-state index in [0.29, 0.717) is 22.2 Å². The second kappa shape index (κ2) is 8.71. The molecule has 1 amide bonds. The number of carbonyl (C=O) groups excluding carboxylic acids is 1. The molecular formula is C25H24Cl2N2O. The Balaban J connectivity index is 1.93. The fourth-order valence-corrected chi connectivity index (χ4v) is 4.76. The summed E-state index contributed by atoms with van der Waals surface area (Å²) >= 11 is 12.5. The molecule has 5 heteroatoms. The monoisotopic (exact) mass is 438 g/mol. The minimum Gasteiger partial charge on any atom is -0.366 e. The van der Waals surface area contributed by atoms with Gasteiger partial charge >= 0.3 is 0 Å². The third kappa shape index (κ3) is 4.05. The Hall–Kier alpha value is -2.49. The van der Waals surface area contributed by atoms with E-state index in [0.717, 1.165) is 33.8 Å². The number of amides is 1. The predicted octanol–water partition coefficient (Wildman–Crippen LogP) is 6.98. The highest BCUT2D eigenvalue weighted by Gasteiger charge is 2.17. The minimum absolute atomic E-state index is 0.419. The zero-order valence-electron chi connectivity index (χ0n) is 16.9. The smallest absolute Gasteiger partial charge is 0.249 e.